The fourth-order valence-corrected chi connectivity index (χ4v) is 11.4. The highest BCUT2D eigenvalue weighted by atomic mass is 32.1. The predicted octanol–water partition coefficient (Wildman–Crippen LogP) is -3.68. The van der Waals surface area contributed by atoms with E-state index in [-0.39, 0.29) is 86.7 Å². The van der Waals surface area contributed by atoms with Crippen molar-refractivity contribution in [2.75, 3.05) is 25.4 Å². The SMILES string of the molecule is CC[C@H](C)[C@H](NC(=O)CNC(=O)[C@H](CC(C)C)NC(=O)[C@H](CC(C)C)NC(=O)[C@H](CCC(N)=O)NC(=O)[C@H](CCC(N)=O)NC(=O)[C@H](CC(=O)O)NC(=O)[C@H](CCCN=C(N)N)NC(=O)[C@H](CC(C)C)NC(=O)[C@@H](N)Cc1ccc(O)cc1)C(=O)N[C@@H](Cc1c[nH]c2ccccc12)C(=O)NCC(=O)N[C@@H](CS)C(=O)O. The van der Waals surface area contributed by atoms with Gasteiger partial charge in [0.1, 0.15) is 66.2 Å². The lowest BCUT2D eigenvalue weighted by atomic mass is 9.97. The van der Waals surface area contributed by atoms with Crippen molar-refractivity contribution in [2.24, 2.45) is 57.3 Å². The number of aromatic hydroxyl groups is 1. The number of carbonyl (C=O) groups excluding carboxylic acids is 14. The molecule has 0 spiro atoms. The molecule has 38 nitrogen and oxygen atoms in total. The Kier molecular flexibility index (Phi) is 39.7. The molecule has 0 aliphatic carbocycles. The number of nitrogens with zero attached hydrogens (tertiary/aromatic N) is 1. The minimum Gasteiger partial charge on any atom is -0.508 e. The van der Waals surface area contributed by atoms with E-state index in [9.17, 15) is 92.0 Å². The number of guanidine groups is 1. The van der Waals surface area contributed by atoms with Crippen LogP contribution in [0.4, 0.5) is 0 Å². The second kappa shape index (κ2) is 47.0. The van der Waals surface area contributed by atoms with Gasteiger partial charge in [0.2, 0.25) is 82.7 Å². The molecule has 0 bridgehead atoms. The van der Waals surface area contributed by atoms with Gasteiger partial charge in [-0.15, -0.1) is 0 Å². The second-order valence-electron chi connectivity index (χ2n) is 28.0. The smallest absolute Gasteiger partial charge is 0.327 e. The molecule has 110 heavy (non-hydrogen) atoms. The highest BCUT2D eigenvalue weighted by Gasteiger charge is 2.38. The van der Waals surface area contributed by atoms with Crippen molar-refractivity contribution < 1.29 is 92.0 Å². The summed E-state index contributed by atoms with van der Waals surface area (Å²) >= 11 is 3.94. The van der Waals surface area contributed by atoms with E-state index in [2.05, 4.69) is 86.4 Å². The molecule has 608 valence electrons. The number of carboxylic acids is 2. The Morgan fingerprint density at radius 3 is 1.38 bits per heavy atom. The summed E-state index contributed by atoms with van der Waals surface area (Å²) in [6.45, 7) is 12.2. The van der Waals surface area contributed by atoms with E-state index < -0.39 is 212 Å². The zero-order valence-corrected chi connectivity index (χ0v) is 63.9. The van der Waals surface area contributed by atoms with Gasteiger partial charge in [-0.1, -0.05) is 92.1 Å². The molecule has 0 unspecified atom stereocenters. The second-order valence-corrected chi connectivity index (χ2v) is 28.3. The summed E-state index contributed by atoms with van der Waals surface area (Å²) in [5.41, 5.74) is 30.1. The van der Waals surface area contributed by atoms with Crippen molar-refractivity contribution in [1.29, 1.82) is 0 Å². The molecule has 1 aromatic heterocycles. The first kappa shape index (κ1) is 93.1. The molecular formula is C71H109N19O19S. The highest BCUT2D eigenvalue weighted by Crippen LogP contribution is 2.21. The Morgan fingerprint density at radius 2 is 0.918 bits per heavy atom. The number of para-hydroxylation sites is 1. The van der Waals surface area contributed by atoms with Gasteiger partial charge in [0.05, 0.1) is 25.6 Å². The summed E-state index contributed by atoms with van der Waals surface area (Å²) in [5.74, 6) is -18.7. The maximum absolute atomic E-state index is 14.5. The number of H-pyrrole nitrogens is 1. The third-order valence-corrected chi connectivity index (χ3v) is 17.5. The number of amides is 14. The van der Waals surface area contributed by atoms with Crippen LogP contribution in [0, 0.1) is 23.7 Å². The average Bonchev–Trinajstić information content (AvgIpc) is 1.66. The normalized spacial score (nSPS) is 14.4. The molecule has 0 radical (unpaired) electrons. The summed E-state index contributed by atoms with van der Waals surface area (Å²) in [4.78, 5) is 223. The molecule has 0 saturated heterocycles. The molecule has 3 aromatic rings. The topological polar surface area (TPSA) is 636 Å². The number of rotatable bonds is 50. The van der Waals surface area contributed by atoms with Gasteiger partial charge in [-0.3, -0.25) is 76.9 Å². The Bertz CT molecular complexity index is 3720. The number of carboxylic acid groups (broad SMARTS) is 2. The third-order valence-electron chi connectivity index (χ3n) is 17.2. The first-order valence-electron chi connectivity index (χ1n) is 36.0. The number of phenolic OH excluding ortho intramolecular Hbond substituents is 1. The van der Waals surface area contributed by atoms with E-state index in [0.717, 1.165) is 0 Å². The zero-order valence-electron chi connectivity index (χ0n) is 63.0. The predicted molar refractivity (Wildman–Crippen MR) is 405 cm³/mol. The standard InChI is InChI=1S/C71H109N19O19S/c1-9-38(8)59(69(107)89-51(29-40-31-78-44-14-11-10-13-42(40)44)62(100)79-32-56(94)81-53(34-110)70(108)109)90-57(95)33-80-61(99)48(25-35(2)3)86-67(105)50(27-37(6)7)87-65(103)47(21-23-55(74)93)83-64(102)46(20-22-54(73)92)84-68(106)52(30-58(96)97)88-63(101)45(15-12-24-77-71(75)76)82-66(104)49(26-36(4)5)85-60(98)43(72)28-39-16-18-41(91)19-17-39/h10-11,13-14,16-19,31,35-38,43,45-53,59,78,91,110H,9,12,15,20-30,32-34,72H2,1-8H3,(H2,73,92)(H2,74,93)(H,79,100)(H,80,99)(H,81,94)(H,82,104)(H,83,102)(H,84,106)(H,85,98)(H,86,105)(H,87,103)(H,88,101)(H,89,107)(H,90,95)(H,96,97)(H,108,109)(H4,75,76,77)/t38-,43-,45-,46-,47-,48-,49-,50-,51-,52-,53-,59-/m0/s1. The van der Waals surface area contributed by atoms with Crippen LogP contribution < -0.4 is 92.5 Å². The van der Waals surface area contributed by atoms with Crippen molar-refractivity contribution in [3.05, 3.63) is 65.9 Å². The number of hydrogen-bond acceptors (Lipinski definition) is 20. The minimum absolute atomic E-state index is 0.00719. The van der Waals surface area contributed by atoms with Crippen LogP contribution in [0.25, 0.3) is 10.9 Å². The van der Waals surface area contributed by atoms with Gasteiger partial charge in [-0.05, 0) is 104 Å². The summed E-state index contributed by atoms with van der Waals surface area (Å²) in [5, 5.41) is 59.5. The number of aliphatic carboxylic acids is 2. The number of carbonyl (C=O) groups is 16. The molecule has 26 N–H and O–H groups in total. The lowest BCUT2D eigenvalue weighted by molar-refractivity contribution is -0.142. The maximum Gasteiger partial charge on any atom is 0.327 e. The largest absolute Gasteiger partial charge is 0.508 e. The maximum atomic E-state index is 14.5. The van der Waals surface area contributed by atoms with Crippen LogP contribution in [-0.2, 0) is 89.6 Å². The lowest BCUT2D eigenvalue weighted by Gasteiger charge is -2.28. The summed E-state index contributed by atoms with van der Waals surface area (Å²) < 4.78 is 0. The van der Waals surface area contributed by atoms with Crippen LogP contribution >= 0.6 is 12.6 Å². The molecule has 0 aliphatic heterocycles. The van der Waals surface area contributed by atoms with E-state index in [1.54, 1.807) is 98.0 Å². The fourth-order valence-electron chi connectivity index (χ4n) is 11.2. The molecule has 0 fully saturated rings. The summed E-state index contributed by atoms with van der Waals surface area (Å²) in [6, 6.07) is -3.64. The van der Waals surface area contributed by atoms with Crippen LogP contribution in [0.2, 0.25) is 0 Å². The van der Waals surface area contributed by atoms with E-state index >= 15 is 0 Å². The molecule has 14 amide bonds. The zero-order chi connectivity index (χ0) is 82.6. The third kappa shape index (κ3) is 34.0. The van der Waals surface area contributed by atoms with Crippen LogP contribution in [0.3, 0.4) is 0 Å². The Morgan fingerprint density at radius 1 is 0.491 bits per heavy atom. The first-order valence-corrected chi connectivity index (χ1v) is 36.7. The van der Waals surface area contributed by atoms with Gasteiger partial charge in [0.25, 0.3) is 0 Å². The highest BCUT2D eigenvalue weighted by molar-refractivity contribution is 7.80. The first-order chi connectivity index (χ1) is 51.7. The quantitative estimate of drug-likeness (QED) is 0.0112. The number of nitrogens with two attached hydrogens (primary N) is 5. The molecule has 12 atom stereocenters. The molecular weight excluding hydrogens is 1450 g/mol. The number of phenols is 1. The molecule has 2 aromatic carbocycles. The number of nitrogens with one attached hydrogen (secondary N) is 13. The number of aromatic nitrogens is 1. The van der Waals surface area contributed by atoms with E-state index in [0.29, 0.717) is 28.5 Å². The molecule has 3 rings (SSSR count). The van der Waals surface area contributed by atoms with Gasteiger partial charge in [0.15, 0.2) is 5.96 Å². The molecule has 1 heterocycles. The van der Waals surface area contributed by atoms with Crippen LogP contribution in [0.15, 0.2) is 59.7 Å². The van der Waals surface area contributed by atoms with Gasteiger partial charge in [0, 0.05) is 48.7 Å². The van der Waals surface area contributed by atoms with Crippen molar-refractivity contribution in [3.63, 3.8) is 0 Å². The average molecular weight is 1560 g/mol. The summed E-state index contributed by atoms with van der Waals surface area (Å²) in [6.07, 6.45) is -2.01. The minimum atomic E-state index is -2.04. The van der Waals surface area contributed by atoms with E-state index in [4.69, 9.17) is 28.7 Å². The van der Waals surface area contributed by atoms with Crippen LogP contribution in [0.5, 0.6) is 5.75 Å². The lowest BCUT2D eigenvalue weighted by Crippen LogP contribution is -2.60. The van der Waals surface area contributed by atoms with E-state index in [1.807, 2.05) is 0 Å². The molecule has 39 heteroatoms. The fraction of sp³-hybridized carbons (Fsp3) is 0.563. The number of fused-ring (bicyclic) bond motifs is 1. The number of aromatic amines is 1. The van der Waals surface area contributed by atoms with Crippen molar-refractivity contribution in [3.8, 4) is 5.75 Å². The van der Waals surface area contributed by atoms with Crippen molar-refractivity contribution in [2.45, 2.75) is 205 Å². The molecule has 0 aliphatic rings. The van der Waals surface area contributed by atoms with Gasteiger partial charge in [-0.2, -0.15) is 12.6 Å². The summed E-state index contributed by atoms with van der Waals surface area (Å²) in [7, 11) is 0. The van der Waals surface area contributed by atoms with Crippen molar-refractivity contribution >= 4 is 124 Å². The van der Waals surface area contributed by atoms with Crippen LogP contribution in [-0.4, -0.2) is 213 Å². The Hall–Kier alpha value is -11.1. The number of aliphatic imine (C=N–C) groups is 1. The number of hydrogen-bond donors (Lipinski definition) is 22. The van der Waals surface area contributed by atoms with Crippen LogP contribution in [0.1, 0.15) is 137 Å². The number of benzene rings is 2. The number of thiol groups is 1. The van der Waals surface area contributed by atoms with Gasteiger partial charge < -0.3 is 113 Å². The molecule has 0 saturated carbocycles. The van der Waals surface area contributed by atoms with E-state index in [1.165, 1.54) is 12.1 Å². The number of primary amides is 2. The Balaban J connectivity index is 1.88. The van der Waals surface area contributed by atoms with Crippen molar-refractivity contribution in [1.82, 2.24) is 68.8 Å². The van der Waals surface area contributed by atoms with Gasteiger partial charge >= 0.3 is 11.9 Å². The monoisotopic (exact) mass is 1560 g/mol. The Labute approximate surface area is 641 Å². The van der Waals surface area contributed by atoms with Gasteiger partial charge in [-0.25, -0.2) is 4.79 Å².